The molecule has 1 aromatic heterocycles. The number of nitrogens with zero attached hydrogens (tertiary/aromatic N) is 4. The largest absolute Gasteiger partial charge is 0.459 e. The molecule has 11 heteroatoms. The van der Waals surface area contributed by atoms with Gasteiger partial charge in [0.1, 0.15) is 11.9 Å². The SMILES string of the molecule is CC1(C)OC(=O)C[C@@H]1C(=O)N1CCC[C@@H]([C@@H]2C[C@H](C(F)(F)F)n3ncnc3N2)C1. The van der Waals surface area contributed by atoms with Gasteiger partial charge in [-0.15, -0.1) is 0 Å². The predicted octanol–water partition coefficient (Wildman–Crippen LogP) is 2.15. The molecule has 2 saturated heterocycles. The number of halogens is 3. The highest BCUT2D eigenvalue weighted by Crippen LogP contribution is 2.41. The first-order valence-electron chi connectivity index (χ1n) is 9.79. The summed E-state index contributed by atoms with van der Waals surface area (Å²) in [6.45, 7) is 4.30. The highest BCUT2D eigenvalue weighted by Gasteiger charge is 2.50. The molecule has 160 valence electrons. The lowest BCUT2D eigenvalue weighted by molar-refractivity contribution is -0.175. The Balaban J connectivity index is 1.49. The maximum absolute atomic E-state index is 13.5. The summed E-state index contributed by atoms with van der Waals surface area (Å²) in [5.74, 6) is -1.19. The number of hydrogen-bond acceptors (Lipinski definition) is 6. The smallest absolute Gasteiger partial charge is 0.411 e. The van der Waals surface area contributed by atoms with Crippen LogP contribution in [0.5, 0.6) is 0 Å². The summed E-state index contributed by atoms with van der Waals surface area (Å²) >= 11 is 0. The molecule has 1 N–H and O–H groups in total. The standard InChI is InChI=1S/C18H24F3N5O3/c1-17(2)11(6-14(27)29-17)15(28)25-5-3-4-10(8-25)12-7-13(18(19,20)21)26-16(24-12)22-9-23-26/h9-13H,3-8H2,1-2H3,(H,22,23,24)/t10-,11-,12+,13-/m1/s1. The van der Waals surface area contributed by atoms with Gasteiger partial charge in [-0.05, 0) is 39.0 Å². The van der Waals surface area contributed by atoms with Crippen molar-refractivity contribution in [2.45, 2.75) is 63.4 Å². The number of piperidine rings is 1. The lowest BCUT2D eigenvalue weighted by Crippen LogP contribution is -2.51. The third-order valence-electron chi connectivity index (χ3n) is 6.26. The number of likely N-dealkylation sites (tertiary alicyclic amines) is 1. The molecule has 4 heterocycles. The Labute approximate surface area is 165 Å². The number of alkyl halides is 3. The van der Waals surface area contributed by atoms with Gasteiger partial charge in [0.05, 0.1) is 12.3 Å². The van der Waals surface area contributed by atoms with E-state index in [9.17, 15) is 22.8 Å². The molecule has 4 rings (SSSR count). The molecular weight excluding hydrogens is 391 g/mol. The summed E-state index contributed by atoms with van der Waals surface area (Å²) in [6, 6.07) is -2.21. The van der Waals surface area contributed by atoms with E-state index in [2.05, 4.69) is 15.4 Å². The Hall–Kier alpha value is -2.33. The summed E-state index contributed by atoms with van der Waals surface area (Å²) in [7, 11) is 0. The molecule has 0 spiro atoms. The van der Waals surface area contributed by atoms with Crippen molar-refractivity contribution in [2.75, 3.05) is 18.4 Å². The van der Waals surface area contributed by atoms with Crippen molar-refractivity contribution in [3.8, 4) is 0 Å². The minimum atomic E-state index is -4.43. The molecule has 0 saturated carbocycles. The molecule has 3 aliphatic heterocycles. The van der Waals surface area contributed by atoms with Gasteiger partial charge in [0, 0.05) is 19.1 Å². The number of carbonyl (C=O) groups excluding carboxylic acids is 2. The summed E-state index contributed by atoms with van der Waals surface area (Å²) in [6.07, 6.45) is -2.04. The average molecular weight is 415 g/mol. The molecular formula is C18H24F3N5O3. The van der Waals surface area contributed by atoms with Crippen molar-refractivity contribution in [3.05, 3.63) is 6.33 Å². The van der Waals surface area contributed by atoms with E-state index in [1.165, 1.54) is 0 Å². The van der Waals surface area contributed by atoms with E-state index in [1.54, 1.807) is 18.7 Å². The molecule has 4 atom stereocenters. The van der Waals surface area contributed by atoms with Gasteiger partial charge in [-0.25, -0.2) is 4.68 Å². The molecule has 0 unspecified atom stereocenters. The van der Waals surface area contributed by atoms with Gasteiger partial charge in [0.2, 0.25) is 11.9 Å². The lowest BCUT2D eigenvalue weighted by Gasteiger charge is -2.42. The zero-order valence-electron chi connectivity index (χ0n) is 16.3. The van der Waals surface area contributed by atoms with Crippen LogP contribution >= 0.6 is 0 Å². The zero-order chi connectivity index (χ0) is 21.0. The van der Waals surface area contributed by atoms with Crippen LogP contribution in [0.2, 0.25) is 0 Å². The summed E-state index contributed by atoms with van der Waals surface area (Å²) < 4.78 is 46.8. The summed E-state index contributed by atoms with van der Waals surface area (Å²) in [5.41, 5.74) is -0.873. The fraction of sp³-hybridized carbons (Fsp3) is 0.778. The van der Waals surface area contributed by atoms with E-state index in [4.69, 9.17) is 4.74 Å². The molecule has 1 aromatic rings. The Morgan fingerprint density at radius 1 is 1.38 bits per heavy atom. The van der Waals surface area contributed by atoms with Gasteiger partial charge in [0.15, 0.2) is 6.04 Å². The number of hydrogen-bond donors (Lipinski definition) is 1. The third kappa shape index (κ3) is 3.66. The fourth-order valence-electron chi connectivity index (χ4n) is 4.69. The topological polar surface area (TPSA) is 89.4 Å². The molecule has 3 aliphatic rings. The van der Waals surface area contributed by atoms with Crippen LogP contribution < -0.4 is 5.32 Å². The van der Waals surface area contributed by atoms with Crippen LogP contribution in [-0.2, 0) is 14.3 Å². The van der Waals surface area contributed by atoms with E-state index in [1.807, 2.05) is 0 Å². The number of nitrogens with one attached hydrogen (secondary N) is 1. The second kappa shape index (κ2) is 6.88. The van der Waals surface area contributed by atoms with Crippen LogP contribution in [0.25, 0.3) is 0 Å². The minimum Gasteiger partial charge on any atom is -0.459 e. The van der Waals surface area contributed by atoms with Gasteiger partial charge in [0.25, 0.3) is 0 Å². The van der Waals surface area contributed by atoms with E-state index < -0.39 is 35.7 Å². The fourth-order valence-corrected chi connectivity index (χ4v) is 4.69. The molecule has 0 bridgehead atoms. The van der Waals surface area contributed by atoms with Gasteiger partial charge in [-0.1, -0.05) is 0 Å². The molecule has 0 radical (unpaired) electrons. The predicted molar refractivity (Wildman–Crippen MR) is 94.7 cm³/mol. The van der Waals surface area contributed by atoms with Crippen molar-refractivity contribution in [1.29, 1.82) is 0 Å². The highest BCUT2D eigenvalue weighted by molar-refractivity contribution is 5.87. The number of anilines is 1. The van der Waals surface area contributed by atoms with Gasteiger partial charge >= 0.3 is 12.1 Å². The van der Waals surface area contributed by atoms with Crippen LogP contribution in [0.15, 0.2) is 6.33 Å². The first kappa shape index (κ1) is 20.0. The van der Waals surface area contributed by atoms with E-state index >= 15 is 0 Å². The van der Waals surface area contributed by atoms with Gasteiger partial charge in [-0.3, -0.25) is 9.59 Å². The minimum absolute atomic E-state index is 0.0356. The maximum Gasteiger partial charge on any atom is 0.411 e. The van der Waals surface area contributed by atoms with Crippen LogP contribution in [0, 0.1) is 11.8 Å². The quantitative estimate of drug-likeness (QED) is 0.745. The molecule has 29 heavy (non-hydrogen) atoms. The van der Waals surface area contributed by atoms with E-state index in [0.29, 0.717) is 25.9 Å². The number of fused-ring (bicyclic) bond motifs is 1. The van der Waals surface area contributed by atoms with Gasteiger partial charge < -0.3 is 15.0 Å². The van der Waals surface area contributed by atoms with Crippen molar-refractivity contribution in [2.24, 2.45) is 11.8 Å². The third-order valence-corrected chi connectivity index (χ3v) is 6.26. The van der Waals surface area contributed by atoms with Crippen LogP contribution in [0.1, 0.15) is 45.6 Å². The Kier molecular flexibility index (Phi) is 4.73. The van der Waals surface area contributed by atoms with Crippen LogP contribution in [-0.4, -0.2) is 62.4 Å². The van der Waals surface area contributed by atoms with Crippen LogP contribution in [0.3, 0.4) is 0 Å². The molecule has 0 aromatic carbocycles. The summed E-state index contributed by atoms with van der Waals surface area (Å²) in [5, 5.41) is 6.79. The second-order valence-corrected chi connectivity index (χ2v) is 8.59. The number of ether oxygens (including phenoxy) is 1. The Bertz CT molecular complexity index is 809. The second-order valence-electron chi connectivity index (χ2n) is 8.59. The number of rotatable bonds is 2. The lowest BCUT2D eigenvalue weighted by atomic mass is 9.84. The normalized spacial score (nSPS) is 31.8. The van der Waals surface area contributed by atoms with Crippen molar-refractivity contribution in [3.63, 3.8) is 0 Å². The Morgan fingerprint density at radius 2 is 2.14 bits per heavy atom. The van der Waals surface area contributed by atoms with Crippen molar-refractivity contribution >= 4 is 17.8 Å². The van der Waals surface area contributed by atoms with Crippen LogP contribution in [0.4, 0.5) is 19.1 Å². The molecule has 0 aliphatic carbocycles. The number of esters is 1. The molecule has 1 amide bonds. The van der Waals surface area contributed by atoms with Crippen molar-refractivity contribution < 1.29 is 27.5 Å². The highest BCUT2D eigenvalue weighted by atomic mass is 19.4. The first-order valence-corrected chi connectivity index (χ1v) is 9.79. The van der Waals surface area contributed by atoms with E-state index in [0.717, 1.165) is 11.0 Å². The summed E-state index contributed by atoms with van der Waals surface area (Å²) in [4.78, 5) is 30.3. The molecule has 2 fully saturated rings. The average Bonchev–Trinajstić information content (AvgIpc) is 3.22. The number of amides is 1. The molecule has 8 nitrogen and oxygen atoms in total. The number of cyclic esters (lactones) is 1. The van der Waals surface area contributed by atoms with Gasteiger partial charge in [-0.2, -0.15) is 23.3 Å². The first-order chi connectivity index (χ1) is 13.6. The Morgan fingerprint density at radius 3 is 2.79 bits per heavy atom. The van der Waals surface area contributed by atoms with E-state index in [-0.39, 0.29) is 30.6 Å². The zero-order valence-corrected chi connectivity index (χ0v) is 16.3. The number of carbonyl (C=O) groups is 2. The van der Waals surface area contributed by atoms with Crippen molar-refractivity contribution in [1.82, 2.24) is 19.7 Å². The maximum atomic E-state index is 13.5. The number of aromatic nitrogens is 3. The monoisotopic (exact) mass is 415 g/mol.